The molecule has 0 saturated heterocycles. The molecule has 0 heterocycles. The van der Waals surface area contributed by atoms with Crippen molar-refractivity contribution in [2.75, 3.05) is 19.7 Å². The molecule has 1 N–H and O–H groups in total. The van der Waals surface area contributed by atoms with Crippen LogP contribution in [0.4, 0.5) is 0 Å². The Bertz CT molecular complexity index is 284. The highest BCUT2D eigenvalue weighted by Gasteiger charge is 2.25. The Kier molecular flexibility index (Phi) is 6.91. The Morgan fingerprint density at radius 3 is 2.22 bits per heavy atom. The number of nitrogens with one attached hydrogen (secondary N) is 1. The number of ether oxygens (including phenoxy) is 1. The standard InChI is InChI=1S/C13H26N2O3/c1-7-15(9-11(16)18-8-2)10(3)12(17)14-13(4,5)6/h10H,7-9H2,1-6H3,(H,14,17). The second-order valence-electron chi connectivity index (χ2n) is 5.28. The summed E-state index contributed by atoms with van der Waals surface area (Å²) in [6, 6.07) is -0.348. The fourth-order valence-corrected chi connectivity index (χ4v) is 1.53. The highest BCUT2D eigenvalue weighted by Crippen LogP contribution is 2.04. The number of amides is 1. The maximum Gasteiger partial charge on any atom is 0.320 e. The number of esters is 1. The molecule has 0 aromatic carbocycles. The molecule has 1 atom stereocenters. The molecule has 18 heavy (non-hydrogen) atoms. The summed E-state index contributed by atoms with van der Waals surface area (Å²) >= 11 is 0. The number of rotatable bonds is 6. The summed E-state index contributed by atoms with van der Waals surface area (Å²) in [5, 5.41) is 2.91. The topological polar surface area (TPSA) is 58.6 Å². The lowest BCUT2D eigenvalue weighted by Crippen LogP contribution is -2.52. The fraction of sp³-hybridized carbons (Fsp3) is 0.846. The van der Waals surface area contributed by atoms with Crippen LogP contribution < -0.4 is 5.32 Å². The van der Waals surface area contributed by atoms with Crippen LogP contribution in [0.1, 0.15) is 41.5 Å². The average molecular weight is 258 g/mol. The molecule has 106 valence electrons. The first-order valence-corrected chi connectivity index (χ1v) is 6.43. The van der Waals surface area contributed by atoms with Crippen LogP contribution in [0.15, 0.2) is 0 Å². The number of carbonyl (C=O) groups excluding carboxylic acids is 2. The van der Waals surface area contributed by atoms with Gasteiger partial charge in [0, 0.05) is 5.54 Å². The van der Waals surface area contributed by atoms with Gasteiger partial charge < -0.3 is 10.1 Å². The summed E-state index contributed by atoms with van der Waals surface area (Å²) in [6.07, 6.45) is 0. The minimum absolute atomic E-state index is 0.0753. The van der Waals surface area contributed by atoms with Gasteiger partial charge in [0.25, 0.3) is 0 Å². The van der Waals surface area contributed by atoms with Gasteiger partial charge in [-0.1, -0.05) is 6.92 Å². The van der Waals surface area contributed by atoms with E-state index in [9.17, 15) is 9.59 Å². The quantitative estimate of drug-likeness (QED) is 0.727. The van der Waals surface area contributed by atoms with E-state index in [1.165, 1.54) is 0 Å². The van der Waals surface area contributed by atoms with Crippen LogP contribution in [-0.4, -0.2) is 48.1 Å². The van der Waals surface area contributed by atoms with Gasteiger partial charge in [-0.05, 0) is 41.2 Å². The largest absolute Gasteiger partial charge is 0.465 e. The molecule has 0 rings (SSSR count). The molecule has 5 nitrogen and oxygen atoms in total. The number of nitrogens with zero attached hydrogens (tertiary/aromatic N) is 1. The van der Waals surface area contributed by atoms with E-state index in [0.717, 1.165) is 0 Å². The molecule has 0 bridgehead atoms. The first-order valence-electron chi connectivity index (χ1n) is 6.43. The number of carbonyl (C=O) groups is 2. The summed E-state index contributed by atoms with van der Waals surface area (Å²) in [7, 11) is 0. The van der Waals surface area contributed by atoms with Gasteiger partial charge in [0.05, 0.1) is 19.2 Å². The summed E-state index contributed by atoms with van der Waals surface area (Å²) in [4.78, 5) is 25.2. The molecule has 0 aromatic rings. The van der Waals surface area contributed by atoms with E-state index in [1.54, 1.807) is 18.7 Å². The lowest BCUT2D eigenvalue weighted by atomic mass is 10.1. The molecule has 0 spiro atoms. The van der Waals surface area contributed by atoms with E-state index in [-0.39, 0.29) is 30.0 Å². The van der Waals surface area contributed by atoms with Gasteiger partial charge >= 0.3 is 5.97 Å². The van der Waals surface area contributed by atoms with Crippen molar-refractivity contribution < 1.29 is 14.3 Å². The molecule has 0 radical (unpaired) electrons. The Hall–Kier alpha value is -1.10. The van der Waals surface area contributed by atoms with Gasteiger partial charge in [0.2, 0.25) is 5.91 Å². The van der Waals surface area contributed by atoms with E-state index in [2.05, 4.69) is 5.32 Å². The van der Waals surface area contributed by atoms with Crippen molar-refractivity contribution in [3.8, 4) is 0 Å². The Morgan fingerprint density at radius 1 is 1.28 bits per heavy atom. The SMILES string of the molecule is CCOC(=O)CN(CC)C(C)C(=O)NC(C)(C)C. The second-order valence-corrected chi connectivity index (χ2v) is 5.28. The zero-order valence-corrected chi connectivity index (χ0v) is 12.4. The second kappa shape index (κ2) is 7.36. The van der Waals surface area contributed by atoms with E-state index >= 15 is 0 Å². The van der Waals surface area contributed by atoms with Crippen molar-refractivity contribution in [1.82, 2.24) is 10.2 Å². The zero-order valence-electron chi connectivity index (χ0n) is 12.4. The monoisotopic (exact) mass is 258 g/mol. The van der Waals surface area contributed by atoms with E-state index in [4.69, 9.17) is 4.74 Å². The summed E-state index contributed by atoms with van der Waals surface area (Å²) in [5.41, 5.74) is -0.269. The van der Waals surface area contributed by atoms with E-state index < -0.39 is 0 Å². The predicted molar refractivity (Wildman–Crippen MR) is 71.2 cm³/mol. The molecule has 0 aliphatic heterocycles. The van der Waals surface area contributed by atoms with E-state index in [0.29, 0.717) is 13.2 Å². The normalized spacial score (nSPS) is 13.3. The third kappa shape index (κ3) is 6.59. The highest BCUT2D eigenvalue weighted by molar-refractivity contribution is 5.82. The van der Waals surface area contributed by atoms with Crippen LogP contribution in [0.3, 0.4) is 0 Å². The van der Waals surface area contributed by atoms with Crippen LogP contribution in [0.25, 0.3) is 0 Å². The molecule has 1 unspecified atom stereocenters. The minimum Gasteiger partial charge on any atom is -0.465 e. The molecule has 0 fully saturated rings. The van der Waals surface area contributed by atoms with Crippen LogP contribution >= 0.6 is 0 Å². The molecule has 0 saturated carbocycles. The van der Waals surface area contributed by atoms with E-state index in [1.807, 2.05) is 27.7 Å². The lowest BCUT2D eigenvalue weighted by Gasteiger charge is -2.29. The van der Waals surface area contributed by atoms with Crippen LogP contribution in [0, 0.1) is 0 Å². The van der Waals surface area contributed by atoms with Gasteiger partial charge in [0.1, 0.15) is 0 Å². The first kappa shape index (κ1) is 16.9. The first-order chi connectivity index (χ1) is 8.21. The Morgan fingerprint density at radius 2 is 1.83 bits per heavy atom. The van der Waals surface area contributed by atoms with Crippen molar-refractivity contribution in [2.45, 2.75) is 53.1 Å². The fourth-order valence-electron chi connectivity index (χ4n) is 1.53. The van der Waals surface area contributed by atoms with Crippen molar-refractivity contribution in [3.05, 3.63) is 0 Å². The summed E-state index contributed by atoms with van der Waals surface area (Å²) in [5.74, 6) is -0.372. The lowest BCUT2D eigenvalue weighted by molar-refractivity contribution is -0.145. The van der Waals surface area contributed by atoms with Gasteiger partial charge in [-0.15, -0.1) is 0 Å². The van der Waals surface area contributed by atoms with Crippen molar-refractivity contribution >= 4 is 11.9 Å². The smallest absolute Gasteiger partial charge is 0.320 e. The van der Waals surface area contributed by atoms with Crippen LogP contribution in [0.2, 0.25) is 0 Å². The van der Waals surface area contributed by atoms with Gasteiger partial charge in [-0.3, -0.25) is 14.5 Å². The Balaban J connectivity index is 4.46. The number of likely N-dealkylation sites (N-methyl/N-ethyl adjacent to an activating group) is 1. The third-order valence-electron chi connectivity index (χ3n) is 2.47. The van der Waals surface area contributed by atoms with Crippen LogP contribution in [0.5, 0.6) is 0 Å². The minimum atomic E-state index is -0.348. The molecule has 0 aromatic heterocycles. The highest BCUT2D eigenvalue weighted by atomic mass is 16.5. The molecule has 0 aliphatic carbocycles. The van der Waals surface area contributed by atoms with Crippen molar-refractivity contribution in [2.24, 2.45) is 0 Å². The molecular formula is C13H26N2O3. The van der Waals surface area contributed by atoms with Gasteiger partial charge in [-0.2, -0.15) is 0 Å². The van der Waals surface area contributed by atoms with Crippen molar-refractivity contribution in [1.29, 1.82) is 0 Å². The third-order valence-corrected chi connectivity index (χ3v) is 2.47. The summed E-state index contributed by atoms with van der Waals surface area (Å²) < 4.78 is 4.89. The average Bonchev–Trinajstić information content (AvgIpc) is 2.23. The molecule has 1 amide bonds. The number of hydrogen-bond donors (Lipinski definition) is 1. The predicted octanol–water partition coefficient (Wildman–Crippen LogP) is 1.17. The Labute approximate surface area is 110 Å². The van der Waals surface area contributed by atoms with Gasteiger partial charge in [0.15, 0.2) is 0 Å². The summed E-state index contributed by atoms with van der Waals surface area (Å²) in [6.45, 7) is 12.4. The van der Waals surface area contributed by atoms with Crippen LogP contribution in [-0.2, 0) is 14.3 Å². The molecule has 0 aliphatic rings. The maximum atomic E-state index is 12.0. The van der Waals surface area contributed by atoms with Crippen molar-refractivity contribution in [3.63, 3.8) is 0 Å². The van der Waals surface area contributed by atoms with Gasteiger partial charge in [-0.25, -0.2) is 0 Å². The molecular weight excluding hydrogens is 232 g/mol. The molecule has 5 heteroatoms. The number of hydrogen-bond acceptors (Lipinski definition) is 4. The zero-order chi connectivity index (χ0) is 14.3. The maximum absolute atomic E-state index is 12.0.